The number of anilines is 2. The molecule has 1 N–H and O–H groups in total. The summed E-state index contributed by atoms with van der Waals surface area (Å²) in [7, 11) is 3.20. The maximum absolute atomic E-state index is 13.6. The van der Waals surface area contributed by atoms with E-state index in [1.807, 2.05) is 49.4 Å². The fraction of sp³-hybridized carbons (Fsp3) is 0.385. The number of hydrogen-bond donors (Lipinski definition) is 1. The molecule has 0 fully saturated rings. The second-order valence-electron chi connectivity index (χ2n) is 9.10. The molecule has 2 aromatic rings. The topological polar surface area (TPSA) is 67.9 Å². The SMILES string of the molecule is CCC(=O)N1c2ccccc2NC2=C(C(=O)CC(C)(C)C2)[C@H]1c1cc(OC)ccc1OC. The minimum absolute atomic E-state index is 0.0420. The van der Waals surface area contributed by atoms with Crippen LogP contribution in [0.4, 0.5) is 11.4 Å². The summed E-state index contributed by atoms with van der Waals surface area (Å²) in [5, 5.41) is 3.52. The second-order valence-corrected chi connectivity index (χ2v) is 9.10. The summed E-state index contributed by atoms with van der Waals surface area (Å²) < 4.78 is 11.2. The summed E-state index contributed by atoms with van der Waals surface area (Å²) in [4.78, 5) is 28.8. The first-order chi connectivity index (χ1) is 15.3. The van der Waals surface area contributed by atoms with Gasteiger partial charge < -0.3 is 14.8 Å². The minimum atomic E-state index is -0.623. The fourth-order valence-electron chi connectivity index (χ4n) is 4.78. The maximum Gasteiger partial charge on any atom is 0.227 e. The molecule has 1 amide bonds. The number of allylic oxidation sites excluding steroid dienone is 1. The number of carbonyl (C=O) groups is 2. The molecule has 0 radical (unpaired) electrons. The van der Waals surface area contributed by atoms with E-state index in [4.69, 9.17) is 9.47 Å². The Hall–Kier alpha value is -3.28. The third kappa shape index (κ3) is 3.74. The number of nitrogens with one attached hydrogen (secondary N) is 1. The van der Waals surface area contributed by atoms with E-state index in [2.05, 4.69) is 19.2 Å². The van der Waals surface area contributed by atoms with Gasteiger partial charge in [-0.05, 0) is 42.2 Å². The number of para-hydroxylation sites is 2. The van der Waals surface area contributed by atoms with Gasteiger partial charge in [0.15, 0.2) is 5.78 Å². The summed E-state index contributed by atoms with van der Waals surface area (Å²) in [5.41, 5.74) is 3.60. The lowest BCUT2D eigenvalue weighted by atomic mass is 9.73. The van der Waals surface area contributed by atoms with E-state index in [0.29, 0.717) is 36.3 Å². The van der Waals surface area contributed by atoms with E-state index < -0.39 is 6.04 Å². The molecule has 0 spiro atoms. The average Bonchev–Trinajstić information content (AvgIpc) is 2.91. The Morgan fingerprint density at radius 3 is 2.56 bits per heavy atom. The summed E-state index contributed by atoms with van der Waals surface area (Å²) in [5.74, 6) is 1.22. The molecule has 32 heavy (non-hydrogen) atoms. The van der Waals surface area contributed by atoms with Crippen LogP contribution in [0.25, 0.3) is 0 Å². The molecule has 4 rings (SSSR count). The van der Waals surface area contributed by atoms with E-state index in [0.717, 1.165) is 22.6 Å². The standard InChI is InChI=1S/C26H30N2O4/c1-6-23(30)28-20-10-8-7-9-18(20)27-19-14-26(2,3)15-21(29)24(19)25(28)17-13-16(31-4)11-12-22(17)32-5/h7-13,25,27H,6,14-15H2,1-5H3/t25-/m1/s1. The van der Waals surface area contributed by atoms with E-state index in [1.54, 1.807) is 19.1 Å². The summed E-state index contributed by atoms with van der Waals surface area (Å²) in [6, 6.07) is 12.6. The van der Waals surface area contributed by atoms with Gasteiger partial charge in [-0.3, -0.25) is 14.5 Å². The number of rotatable bonds is 4. The molecule has 0 aromatic heterocycles. The van der Waals surface area contributed by atoms with E-state index in [1.165, 1.54) is 0 Å². The molecule has 168 valence electrons. The van der Waals surface area contributed by atoms with Gasteiger partial charge in [0.05, 0.1) is 31.6 Å². The Bertz CT molecular complexity index is 1100. The number of nitrogens with zero attached hydrogens (tertiary/aromatic N) is 1. The predicted molar refractivity (Wildman–Crippen MR) is 125 cm³/mol. The molecule has 6 heteroatoms. The Kier molecular flexibility index (Phi) is 5.71. The monoisotopic (exact) mass is 434 g/mol. The van der Waals surface area contributed by atoms with Gasteiger partial charge in [0.1, 0.15) is 11.5 Å². The van der Waals surface area contributed by atoms with Gasteiger partial charge in [-0.1, -0.05) is 32.9 Å². The highest BCUT2D eigenvalue weighted by atomic mass is 16.5. The number of methoxy groups -OCH3 is 2. The largest absolute Gasteiger partial charge is 0.497 e. The molecule has 0 saturated carbocycles. The van der Waals surface area contributed by atoms with Crippen LogP contribution in [0.3, 0.4) is 0 Å². The van der Waals surface area contributed by atoms with Crippen molar-refractivity contribution in [3.8, 4) is 11.5 Å². The van der Waals surface area contributed by atoms with E-state index in [-0.39, 0.29) is 17.1 Å². The average molecular weight is 435 g/mol. The molecule has 0 saturated heterocycles. The molecule has 2 aliphatic rings. The quantitative estimate of drug-likeness (QED) is 0.711. The van der Waals surface area contributed by atoms with Crippen molar-refractivity contribution in [1.82, 2.24) is 0 Å². The van der Waals surface area contributed by atoms with Crippen LogP contribution in [0.5, 0.6) is 11.5 Å². The van der Waals surface area contributed by atoms with Crippen molar-refractivity contribution in [1.29, 1.82) is 0 Å². The van der Waals surface area contributed by atoms with Crippen molar-refractivity contribution in [2.24, 2.45) is 5.41 Å². The van der Waals surface area contributed by atoms with Crippen LogP contribution in [0.2, 0.25) is 0 Å². The van der Waals surface area contributed by atoms with Gasteiger partial charge in [-0.15, -0.1) is 0 Å². The number of ketones is 1. The Morgan fingerprint density at radius 2 is 1.88 bits per heavy atom. The number of carbonyl (C=O) groups excluding carboxylic acids is 2. The zero-order valence-electron chi connectivity index (χ0n) is 19.3. The normalized spacial score (nSPS) is 19.5. The Balaban J connectivity index is 2.06. The predicted octanol–water partition coefficient (Wildman–Crippen LogP) is 5.26. The van der Waals surface area contributed by atoms with Gasteiger partial charge >= 0.3 is 0 Å². The molecule has 1 atom stereocenters. The zero-order valence-corrected chi connectivity index (χ0v) is 19.3. The van der Waals surface area contributed by atoms with E-state index >= 15 is 0 Å². The number of ether oxygens (including phenoxy) is 2. The second kappa shape index (κ2) is 8.34. The van der Waals surface area contributed by atoms with Gasteiger partial charge in [0, 0.05) is 29.7 Å². The first-order valence-corrected chi connectivity index (χ1v) is 11.0. The highest BCUT2D eigenvalue weighted by Crippen LogP contribution is 2.50. The lowest BCUT2D eigenvalue weighted by Crippen LogP contribution is -2.39. The third-order valence-corrected chi connectivity index (χ3v) is 6.20. The minimum Gasteiger partial charge on any atom is -0.497 e. The highest BCUT2D eigenvalue weighted by Gasteiger charge is 2.43. The van der Waals surface area contributed by atoms with Crippen molar-refractivity contribution in [3.63, 3.8) is 0 Å². The van der Waals surface area contributed by atoms with Gasteiger partial charge in [-0.25, -0.2) is 0 Å². The summed E-state index contributed by atoms with van der Waals surface area (Å²) in [6.07, 6.45) is 1.43. The van der Waals surface area contributed by atoms with Crippen molar-refractivity contribution in [3.05, 3.63) is 59.3 Å². The van der Waals surface area contributed by atoms with Crippen molar-refractivity contribution < 1.29 is 19.1 Å². The summed E-state index contributed by atoms with van der Waals surface area (Å²) in [6.45, 7) is 6.04. The van der Waals surface area contributed by atoms with Crippen molar-refractivity contribution >= 4 is 23.1 Å². The lowest BCUT2D eigenvalue weighted by Gasteiger charge is -2.37. The first-order valence-electron chi connectivity index (χ1n) is 11.0. The Labute approximate surface area is 189 Å². The molecule has 0 bridgehead atoms. The molecule has 0 unspecified atom stereocenters. The zero-order chi connectivity index (χ0) is 23.0. The van der Waals surface area contributed by atoms with Crippen molar-refractivity contribution in [2.75, 3.05) is 24.4 Å². The third-order valence-electron chi connectivity index (χ3n) is 6.20. The molecule has 1 aliphatic carbocycles. The van der Waals surface area contributed by atoms with Crippen LogP contribution in [-0.2, 0) is 9.59 Å². The highest BCUT2D eigenvalue weighted by molar-refractivity contribution is 6.06. The summed E-state index contributed by atoms with van der Waals surface area (Å²) >= 11 is 0. The van der Waals surface area contributed by atoms with Crippen molar-refractivity contribution in [2.45, 2.75) is 46.1 Å². The number of amides is 1. The van der Waals surface area contributed by atoms with Gasteiger partial charge in [0.2, 0.25) is 5.91 Å². The molecule has 1 heterocycles. The number of fused-ring (bicyclic) bond motifs is 1. The Morgan fingerprint density at radius 1 is 1.12 bits per heavy atom. The number of Topliss-reactive ketones (excluding diaryl/α,β-unsaturated/α-hetero) is 1. The van der Waals surface area contributed by atoms with Gasteiger partial charge in [-0.2, -0.15) is 0 Å². The van der Waals surface area contributed by atoms with Crippen LogP contribution in [0.1, 0.15) is 51.6 Å². The smallest absolute Gasteiger partial charge is 0.227 e. The van der Waals surface area contributed by atoms with Crippen LogP contribution < -0.4 is 19.7 Å². The fourth-order valence-corrected chi connectivity index (χ4v) is 4.78. The van der Waals surface area contributed by atoms with Gasteiger partial charge in [0.25, 0.3) is 0 Å². The first kappa shape index (κ1) is 21.9. The molecule has 1 aliphatic heterocycles. The van der Waals surface area contributed by atoms with Crippen LogP contribution in [0, 0.1) is 5.41 Å². The number of benzene rings is 2. The molecule has 6 nitrogen and oxygen atoms in total. The molecular formula is C26H30N2O4. The van der Waals surface area contributed by atoms with Crippen LogP contribution in [-0.4, -0.2) is 25.9 Å². The number of hydrogen-bond acceptors (Lipinski definition) is 5. The van der Waals surface area contributed by atoms with E-state index in [9.17, 15) is 9.59 Å². The van der Waals surface area contributed by atoms with Crippen LogP contribution >= 0.6 is 0 Å². The lowest BCUT2D eigenvalue weighted by molar-refractivity contribution is -0.119. The maximum atomic E-state index is 13.6. The molecule has 2 aromatic carbocycles. The molecular weight excluding hydrogens is 404 g/mol. The van der Waals surface area contributed by atoms with Crippen LogP contribution in [0.15, 0.2) is 53.7 Å².